The van der Waals surface area contributed by atoms with Gasteiger partial charge in [-0.25, -0.2) is 0 Å². The van der Waals surface area contributed by atoms with E-state index in [9.17, 15) is 15.2 Å². The molecule has 0 spiro atoms. The molecule has 4 aromatic rings. The van der Waals surface area contributed by atoms with E-state index >= 15 is 0 Å². The molecule has 1 atom stereocenters. The lowest BCUT2D eigenvalue weighted by atomic mass is 9.93. The smallest absolute Gasteiger partial charge is 0.255 e. The first-order chi connectivity index (χ1) is 17.4. The number of amides is 1. The van der Waals surface area contributed by atoms with Crippen LogP contribution in [0.25, 0.3) is 33.2 Å². The standard InChI is InChI=1S/C29H25ClN4O2/c1-17-10-20(12-21(30)11-17)25-15-33-26-7-6-18(23-5-3-4-19(14-31)28(23)35)13-24(26)27(25)29(36)34(2)16-22-8-9-32-22/h3-7,10-13,15,22,32,35H,8-9,16H2,1-2H3/t22-/m0/s1. The first-order valence-corrected chi connectivity index (χ1v) is 12.1. The number of aromatic hydroxyl groups is 1. The number of para-hydroxylation sites is 1. The summed E-state index contributed by atoms with van der Waals surface area (Å²) in [5.41, 5.74) is 5.08. The molecule has 5 rings (SSSR count). The Balaban J connectivity index is 1.73. The zero-order valence-corrected chi connectivity index (χ0v) is 20.8. The number of fused-ring (bicyclic) bond motifs is 1. The van der Waals surface area contributed by atoms with Gasteiger partial charge in [0.15, 0.2) is 0 Å². The van der Waals surface area contributed by atoms with Gasteiger partial charge in [0.2, 0.25) is 0 Å². The van der Waals surface area contributed by atoms with Crippen LogP contribution in [0.3, 0.4) is 0 Å². The number of hydrogen-bond donors (Lipinski definition) is 2. The van der Waals surface area contributed by atoms with Crippen molar-refractivity contribution in [2.75, 3.05) is 20.1 Å². The summed E-state index contributed by atoms with van der Waals surface area (Å²) in [6.07, 6.45) is 2.76. The molecule has 1 amide bonds. The fraction of sp³-hybridized carbons (Fsp3) is 0.207. The van der Waals surface area contributed by atoms with Crippen LogP contribution in [0.4, 0.5) is 0 Å². The highest BCUT2D eigenvalue weighted by atomic mass is 35.5. The van der Waals surface area contributed by atoms with Crippen molar-refractivity contribution < 1.29 is 9.90 Å². The van der Waals surface area contributed by atoms with Crippen LogP contribution in [-0.4, -0.2) is 47.1 Å². The molecule has 0 radical (unpaired) electrons. The van der Waals surface area contributed by atoms with Crippen LogP contribution in [-0.2, 0) is 0 Å². The number of nitriles is 1. The Hall–Kier alpha value is -3.92. The summed E-state index contributed by atoms with van der Waals surface area (Å²) in [5, 5.41) is 24.6. The molecule has 0 bridgehead atoms. The summed E-state index contributed by atoms with van der Waals surface area (Å²) in [6, 6.07) is 18.6. The number of aromatic nitrogens is 1. The molecular weight excluding hydrogens is 472 g/mol. The molecule has 180 valence electrons. The van der Waals surface area contributed by atoms with Gasteiger partial charge in [0.05, 0.1) is 16.6 Å². The second-order valence-corrected chi connectivity index (χ2v) is 9.67. The number of phenolic OH excluding ortho intramolecular Hbond substituents is 1. The number of likely N-dealkylation sites (N-methyl/N-ethyl adjacent to an activating group) is 1. The van der Waals surface area contributed by atoms with E-state index in [2.05, 4.69) is 10.3 Å². The number of halogens is 1. The quantitative estimate of drug-likeness (QED) is 0.378. The Kier molecular flexibility index (Phi) is 6.36. The van der Waals surface area contributed by atoms with E-state index in [1.54, 1.807) is 29.3 Å². The summed E-state index contributed by atoms with van der Waals surface area (Å²) in [6.45, 7) is 3.52. The predicted octanol–water partition coefficient (Wildman–Crippen LogP) is 5.54. The highest BCUT2D eigenvalue weighted by Crippen LogP contribution is 2.37. The first-order valence-electron chi connectivity index (χ1n) is 11.8. The molecule has 1 aliphatic rings. The van der Waals surface area contributed by atoms with Gasteiger partial charge in [-0.3, -0.25) is 9.78 Å². The minimum Gasteiger partial charge on any atom is -0.506 e. The summed E-state index contributed by atoms with van der Waals surface area (Å²) in [4.78, 5) is 20.4. The van der Waals surface area contributed by atoms with E-state index < -0.39 is 0 Å². The van der Waals surface area contributed by atoms with E-state index in [0.29, 0.717) is 44.7 Å². The van der Waals surface area contributed by atoms with Crippen LogP contribution in [0.2, 0.25) is 5.02 Å². The zero-order chi connectivity index (χ0) is 25.4. The van der Waals surface area contributed by atoms with Crippen LogP contribution < -0.4 is 5.32 Å². The number of benzene rings is 3. The lowest BCUT2D eigenvalue weighted by Gasteiger charge is -2.32. The van der Waals surface area contributed by atoms with Crippen molar-refractivity contribution in [3.63, 3.8) is 0 Å². The highest BCUT2D eigenvalue weighted by molar-refractivity contribution is 6.31. The van der Waals surface area contributed by atoms with Crippen LogP contribution in [0.5, 0.6) is 5.75 Å². The molecule has 1 aliphatic heterocycles. The van der Waals surface area contributed by atoms with Crippen molar-refractivity contribution in [1.82, 2.24) is 15.2 Å². The maximum atomic E-state index is 14.0. The minimum absolute atomic E-state index is 0.0880. The Morgan fingerprint density at radius 2 is 2.00 bits per heavy atom. The molecule has 1 fully saturated rings. The number of phenols is 1. The monoisotopic (exact) mass is 496 g/mol. The normalized spacial score (nSPS) is 14.8. The van der Waals surface area contributed by atoms with Crippen LogP contribution in [0.1, 0.15) is 27.9 Å². The molecule has 3 aromatic carbocycles. The molecule has 1 saturated heterocycles. The average molecular weight is 497 g/mol. The van der Waals surface area contributed by atoms with Gasteiger partial charge in [-0.1, -0.05) is 35.9 Å². The zero-order valence-electron chi connectivity index (χ0n) is 20.0. The van der Waals surface area contributed by atoms with Crippen molar-refractivity contribution in [2.24, 2.45) is 0 Å². The number of aryl methyl sites for hydroxylation is 1. The summed E-state index contributed by atoms with van der Waals surface area (Å²) in [7, 11) is 1.81. The van der Waals surface area contributed by atoms with E-state index in [1.807, 2.05) is 56.4 Å². The molecular formula is C29H25ClN4O2. The van der Waals surface area contributed by atoms with Crippen molar-refractivity contribution in [3.8, 4) is 34.1 Å². The first kappa shape index (κ1) is 23.8. The second kappa shape index (κ2) is 9.62. The maximum Gasteiger partial charge on any atom is 0.255 e. The fourth-order valence-corrected chi connectivity index (χ4v) is 4.97. The van der Waals surface area contributed by atoms with Crippen LogP contribution in [0, 0.1) is 18.3 Å². The van der Waals surface area contributed by atoms with E-state index in [4.69, 9.17) is 11.6 Å². The topological polar surface area (TPSA) is 89.2 Å². The largest absolute Gasteiger partial charge is 0.506 e. The van der Waals surface area contributed by atoms with Gasteiger partial charge >= 0.3 is 0 Å². The Morgan fingerprint density at radius 3 is 2.69 bits per heavy atom. The summed E-state index contributed by atoms with van der Waals surface area (Å²) >= 11 is 6.38. The second-order valence-electron chi connectivity index (χ2n) is 9.24. The van der Waals surface area contributed by atoms with Gasteiger partial charge in [-0.05, 0) is 66.9 Å². The number of carbonyl (C=O) groups is 1. The third-order valence-corrected chi connectivity index (χ3v) is 6.89. The van der Waals surface area contributed by atoms with Crippen molar-refractivity contribution >= 4 is 28.4 Å². The Bertz CT molecular complexity index is 1520. The molecule has 0 unspecified atom stereocenters. The molecule has 6 nitrogen and oxygen atoms in total. The number of carbonyl (C=O) groups excluding carboxylic acids is 1. The predicted molar refractivity (Wildman–Crippen MR) is 142 cm³/mol. The average Bonchev–Trinajstić information content (AvgIpc) is 2.84. The van der Waals surface area contributed by atoms with E-state index in [-0.39, 0.29) is 23.3 Å². The number of rotatable bonds is 5. The van der Waals surface area contributed by atoms with Crippen LogP contribution >= 0.6 is 11.6 Å². The third kappa shape index (κ3) is 4.39. The number of pyridine rings is 1. The SMILES string of the molecule is Cc1cc(Cl)cc(-c2cnc3ccc(-c4cccc(C#N)c4O)cc3c2C(=O)N(C)C[C@@H]2CCN2)c1. The van der Waals surface area contributed by atoms with Gasteiger partial charge in [-0.15, -0.1) is 0 Å². The van der Waals surface area contributed by atoms with Gasteiger partial charge < -0.3 is 15.3 Å². The molecule has 2 N–H and O–H groups in total. The van der Waals surface area contributed by atoms with Crippen molar-refractivity contribution in [2.45, 2.75) is 19.4 Å². The summed E-state index contributed by atoms with van der Waals surface area (Å²) < 4.78 is 0. The number of hydrogen-bond acceptors (Lipinski definition) is 5. The number of nitrogens with one attached hydrogen (secondary N) is 1. The van der Waals surface area contributed by atoms with E-state index in [0.717, 1.165) is 24.1 Å². The van der Waals surface area contributed by atoms with Gasteiger partial charge in [0.25, 0.3) is 5.91 Å². The molecule has 0 saturated carbocycles. The van der Waals surface area contributed by atoms with Crippen molar-refractivity contribution in [3.05, 3.63) is 82.5 Å². The molecule has 36 heavy (non-hydrogen) atoms. The lowest BCUT2D eigenvalue weighted by molar-refractivity contribution is 0.0769. The van der Waals surface area contributed by atoms with Gasteiger partial charge in [0, 0.05) is 47.4 Å². The fourth-order valence-electron chi connectivity index (χ4n) is 4.68. The highest BCUT2D eigenvalue weighted by Gasteiger charge is 2.25. The molecule has 2 heterocycles. The Morgan fingerprint density at radius 1 is 1.19 bits per heavy atom. The molecule has 0 aliphatic carbocycles. The van der Waals surface area contributed by atoms with Crippen LogP contribution in [0.15, 0.2) is 60.8 Å². The number of nitrogens with zero attached hydrogens (tertiary/aromatic N) is 3. The minimum atomic E-state index is -0.115. The lowest BCUT2D eigenvalue weighted by Crippen LogP contribution is -2.50. The van der Waals surface area contributed by atoms with Gasteiger partial charge in [0.1, 0.15) is 11.8 Å². The van der Waals surface area contributed by atoms with E-state index in [1.165, 1.54) is 0 Å². The molecule has 1 aromatic heterocycles. The van der Waals surface area contributed by atoms with Crippen molar-refractivity contribution in [1.29, 1.82) is 5.26 Å². The summed E-state index contributed by atoms with van der Waals surface area (Å²) in [5.74, 6) is -0.203. The van der Waals surface area contributed by atoms with Gasteiger partial charge in [-0.2, -0.15) is 5.26 Å². The molecule has 7 heteroatoms. The maximum absolute atomic E-state index is 14.0. The Labute approximate surface area is 214 Å². The third-order valence-electron chi connectivity index (χ3n) is 6.67.